The molecule has 0 saturated heterocycles. The van der Waals surface area contributed by atoms with Gasteiger partial charge in [-0.05, 0) is 173 Å². The van der Waals surface area contributed by atoms with Gasteiger partial charge in [0.15, 0.2) is 0 Å². The van der Waals surface area contributed by atoms with Gasteiger partial charge in [0, 0.05) is 32.5 Å². The molecule has 5 N–H and O–H groups in total. The highest BCUT2D eigenvalue weighted by Crippen LogP contribution is 2.08. The number of aliphatic hydroxyl groups excluding tert-OH is 2. The van der Waals surface area contributed by atoms with Crippen molar-refractivity contribution in [3.63, 3.8) is 0 Å². The first-order valence-corrected chi connectivity index (χ1v) is 28.9. The molecule has 0 fully saturated rings. The maximum atomic E-state index is 9.98. The summed E-state index contributed by atoms with van der Waals surface area (Å²) in [5.74, 6) is 4.20. The van der Waals surface area contributed by atoms with Crippen molar-refractivity contribution in [2.75, 3.05) is 75.1 Å². The van der Waals surface area contributed by atoms with Gasteiger partial charge in [0.1, 0.15) is 0 Å². The van der Waals surface area contributed by atoms with Crippen LogP contribution in [0.3, 0.4) is 0 Å². The van der Waals surface area contributed by atoms with E-state index >= 15 is 0 Å². The smallest absolute Gasteiger partial charge is 0.303 e. The van der Waals surface area contributed by atoms with E-state index in [0.29, 0.717) is 43.8 Å². The van der Waals surface area contributed by atoms with Gasteiger partial charge in [-0.2, -0.15) is 0 Å². The monoisotopic (exact) mass is 1040 g/mol. The second kappa shape index (κ2) is 71.3. The van der Waals surface area contributed by atoms with E-state index in [0.717, 1.165) is 68.1 Å². The fraction of sp³-hybridized carbons (Fsp3) is 0.951. The molecule has 0 unspecified atom stereocenters. The summed E-state index contributed by atoms with van der Waals surface area (Å²) in [6.45, 7) is 45.3. The predicted octanol–water partition coefficient (Wildman–Crippen LogP) is 16.1. The summed E-state index contributed by atoms with van der Waals surface area (Å²) < 4.78 is 0. The van der Waals surface area contributed by atoms with E-state index in [4.69, 9.17) is 25.5 Å². The normalized spacial score (nSPS) is 10.5. The quantitative estimate of drug-likeness (QED) is 0.0435. The van der Waals surface area contributed by atoms with Crippen LogP contribution in [0.2, 0.25) is 0 Å². The minimum Gasteiger partial charge on any atom is -0.481 e. The van der Waals surface area contributed by atoms with Gasteiger partial charge in [-0.25, -0.2) is 0 Å². The maximum Gasteiger partial charge on any atom is 0.303 e. The van der Waals surface area contributed by atoms with Gasteiger partial charge in [0.05, 0.1) is 0 Å². The molecule has 0 heterocycles. The first kappa shape index (κ1) is 89.8. The number of rotatable bonds is 30. The van der Waals surface area contributed by atoms with Gasteiger partial charge in [-0.15, -0.1) is 0 Å². The van der Waals surface area contributed by atoms with Crippen LogP contribution in [0.5, 0.6) is 0 Å². The number of hydrogen-bond donors (Lipinski definition) is 5. The Balaban J connectivity index is -0.0000000889. The van der Waals surface area contributed by atoms with Crippen molar-refractivity contribution in [2.45, 2.75) is 254 Å². The van der Waals surface area contributed by atoms with Crippen LogP contribution in [0.15, 0.2) is 0 Å². The van der Waals surface area contributed by atoms with E-state index in [1.165, 1.54) is 83.8 Å². The Morgan fingerprint density at radius 2 is 0.639 bits per heavy atom. The molecule has 0 radical (unpaired) electrons. The molecule has 0 aromatic rings. The van der Waals surface area contributed by atoms with Crippen molar-refractivity contribution in [2.24, 2.45) is 53.3 Å². The number of aliphatic carboxylic acids is 3. The molecular weight excluding hydrogens is 903 g/mol. The van der Waals surface area contributed by atoms with Crippen LogP contribution in [0, 0.1) is 53.3 Å². The Labute approximate surface area is 452 Å². The molecule has 0 rings (SSSR count). The molecule has 11 nitrogen and oxygen atoms in total. The lowest BCUT2D eigenvalue weighted by molar-refractivity contribution is -0.138. The topological polar surface area (TPSA) is 162 Å². The molecule has 0 bridgehead atoms. The lowest BCUT2D eigenvalue weighted by Crippen LogP contribution is -2.14. The van der Waals surface area contributed by atoms with Crippen LogP contribution in [0.25, 0.3) is 0 Å². The summed E-state index contributed by atoms with van der Waals surface area (Å²) in [5, 5.41) is 41.0. The van der Waals surface area contributed by atoms with Crippen molar-refractivity contribution in [3.8, 4) is 0 Å². The number of unbranched alkanes of at least 4 members (excludes halogenated alkanes) is 3. The third kappa shape index (κ3) is 165. The maximum absolute atomic E-state index is 9.98. The SMILES string of the molecule is CC(C)CC(=O)O.CC(C)CCC(=O)O.CC(C)CCCC(=O)O.CC(C)CCCCN(C)C.CC(C)CCCN(C)C.CC(C)CCCO.CC(C)CCN(C)C.CC(C)CCO.CCCCCC(C)C. The molecule has 0 aliphatic heterocycles. The van der Waals surface area contributed by atoms with Crippen LogP contribution in [0.4, 0.5) is 0 Å². The number of carbonyl (C=O) groups is 3. The Morgan fingerprint density at radius 1 is 0.319 bits per heavy atom. The highest BCUT2D eigenvalue weighted by Gasteiger charge is 2.01. The molecule has 11 heteroatoms. The average molecular weight is 1040 g/mol. The lowest BCUT2D eigenvalue weighted by Gasteiger charge is -2.10. The van der Waals surface area contributed by atoms with Gasteiger partial charge in [0.2, 0.25) is 0 Å². The fourth-order valence-corrected chi connectivity index (χ4v) is 5.30. The standard InChI is InChI=1S/C9H21N.C8H19N.C8H18.C7H17N.C7H14O2.C6H12O2.C6H14O.C5H10O2.C5H12O/c1-9(2)7-5-6-8-10(3)4;1-8(2)6-5-7-9(3)4;1-4-5-6-7-8(2)3;1-7(2)5-6-8(3)4;1-6(2)4-3-5-7(8)9;1-5(2)3-4-6(7)8;1-6(2)4-3-5-7;1-4(2)3-5(6)7;1-5(2)3-4-6/h9H,5-8H2,1-4H3;8H,5-7H2,1-4H3;8H,4-7H2,1-3H3;7H,5-6H2,1-4H3;6H,3-5H2,1-2H3,(H,8,9);5H,3-4H2,1-2H3,(H,7,8);6-7H,3-5H2,1-2H3;4H,3H2,1-2H3,(H,6,7);5-6H,3-4H2,1-2H3. The van der Waals surface area contributed by atoms with E-state index in [1.54, 1.807) is 0 Å². The summed E-state index contributed by atoms with van der Waals surface area (Å²) >= 11 is 0. The Hall–Kier alpha value is -1.79. The summed E-state index contributed by atoms with van der Waals surface area (Å²) in [7, 11) is 12.7. The third-order valence-corrected chi connectivity index (χ3v) is 9.90. The van der Waals surface area contributed by atoms with E-state index in [9.17, 15) is 14.4 Å². The predicted molar refractivity (Wildman–Crippen MR) is 320 cm³/mol. The Bertz CT molecular complexity index is 972. The van der Waals surface area contributed by atoms with Gasteiger partial charge >= 0.3 is 17.9 Å². The van der Waals surface area contributed by atoms with Crippen LogP contribution in [-0.4, -0.2) is 133 Å². The first-order valence-electron chi connectivity index (χ1n) is 28.9. The van der Waals surface area contributed by atoms with E-state index < -0.39 is 17.9 Å². The van der Waals surface area contributed by atoms with Crippen LogP contribution in [0.1, 0.15) is 254 Å². The molecule has 0 aliphatic carbocycles. The molecule has 72 heavy (non-hydrogen) atoms. The largest absolute Gasteiger partial charge is 0.481 e. The Morgan fingerprint density at radius 3 is 0.847 bits per heavy atom. The molecule has 444 valence electrons. The Kier molecular flexibility index (Phi) is 88.9. The van der Waals surface area contributed by atoms with E-state index in [1.807, 2.05) is 27.7 Å². The number of carboxylic acid groups (broad SMARTS) is 3. The second-order valence-corrected chi connectivity index (χ2v) is 24.1. The van der Waals surface area contributed by atoms with Crippen LogP contribution in [-0.2, 0) is 14.4 Å². The number of carboxylic acids is 3. The zero-order chi connectivity index (χ0) is 58.6. The molecule has 0 atom stereocenters. The summed E-state index contributed by atoms with van der Waals surface area (Å²) in [4.78, 5) is 36.4. The number of nitrogens with zero attached hydrogens (tertiary/aromatic N) is 3. The van der Waals surface area contributed by atoms with Crippen molar-refractivity contribution >= 4 is 17.9 Å². The first-order chi connectivity index (χ1) is 33.1. The average Bonchev–Trinajstić information content (AvgIpc) is 3.21. The highest BCUT2D eigenvalue weighted by atomic mass is 16.4. The second-order valence-electron chi connectivity index (χ2n) is 24.1. The van der Waals surface area contributed by atoms with Crippen molar-refractivity contribution in [1.82, 2.24) is 14.7 Å². The minimum atomic E-state index is -0.713. The van der Waals surface area contributed by atoms with Gasteiger partial charge in [-0.3, -0.25) is 14.4 Å². The molecule has 0 spiro atoms. The van der Waals surface area contributed by atoms with Gasteiger partial charge in [0.25, 0.3) is 0 Å². The number of hydrogen-bond acceptors (Lipinski definition) is 8. The lowest BCUT2D eigenvalue weighted by atomic mass is 10.1. The molecule has 0 amide bonds. The van der Waals surface area contributed by atoms with Crippen molar-refractivity contribution < 1.29 is 39.9 Å². The minimum absolute atomic E-state index is 0.275. The molecular formula is C61H137N3O8. The van der Waals surface area contributed by atoms with Crippen molar-refractivity contribution in [1.29, 1.82) is 0 Å². The summed E-state index contributed by atoms with van der Waals surface area (Å²) in [6, 6.07) is 0. The van der Waals surface area contributed by atoms with Gasteiger partial charge < -0.3 is 40.2 Å². The third-order valence-electron chi connectivity index (χ3n) is 9.90. The zero-order valence-electron chi connectivity index (χ0n) is 53.5. The molecule has 0 aromatic heterocycles. The molecule has 0 saturated carbocycles. The number of aliphatic hydroxyl groups is 2. The zero-order valence-corrected chi connectivity index (χ0v) is 53.5. The summed E-state index contributed by atoms with van der Waals surface area (Å²) in [5.41, 5.74) is 0. The molecule has 0 aliphatic rings. The van der Waals surface area contributed by atoms with Gasteiger partial charge in [-0.1, -0.05) is 176 Å². The summed E-state index contributed by atoms with van der Waals surface area (Å²) in [6.07, 6.45) is 20.3. The van der Waals surface area contributed by atoms with E-state index in [2.05, 4.69) is 161 Å². The van der Waals surface area contributed by atoms with Crippen molar-refractivity contribution in [3.05, 3.63) is 0 Å². The fourth-order valence-electron chi connectivity index (χ4n) is 5.30. The van der Waals surface area contributed by atoms with Crippen LogP contribution >= 0.6 is 0 Å². The van der Waals surface area contributed by atoms with E-state index in [-0.39, 0.29) is 12.3 Å². The van der Waals surface area contributed by atoms with Crippen LogP contribution < -0.4 is 0 Å². The molecule has 0 aromatic carbocycles. The highest BCUT2D eigenvalue weighted by molar-refractivity contribution is 5.67.